The fraction of sp³-hybridized carbons (Fsp3) is 0.222. The van der Waals surface area contributed by atoms with Gasteiger partial charge < -0.3 is 9.90 Å². The smallest absolute Gasteiger partial charge is 0.269 e. The number of hydrogen-bond acceptors (Lipinski definition) is 5. The highest BCUT2D eigenvalue weighted by Crippen LogP contribution is 2.24. The summed E-state index contributed by atoms with van der Waals surface area (Å²) in [6.45, 7) is 1.50. The molecule has 0 N–H and O–H groups in total. The molecular formula is C9H8NO4S-. The summed E-state index contributed by atoms with van der Waals surface area (Å²) in [5.41, 5.74) is -0.0135. The molecule has 0 aromatic heterocycles. The first-order valence-electron chi connectivity index (χ1n) is 4.12. The predicted octanol–water partition coefficient (Wildman–Crippen LogP) is 0.825. The molecule has 0 aliphatic carbocycles. The maximum Gasteiger partial charge on any atom is 0.269 e. The minimum atomic E-state index is -1.15. The van der Waals surface area contributed by atoms with Crippen molar-refractivity contribution < 1.29 is 14.8 Å². The molecule has 1 aromatic carbocycles. The number of nitrogens with zero attached hydrogens (tertiary/aromatic N) is 1. The van der Waals surface area contributed by atoms with Crippen LogP contribution in [0.4, 0.5) is 5.69 Å². The topological polar surface area (TPSA) is 83.3 Å². The number of benzene rings is 1. The van der Waals surface area contributed by atoms with E-state index in [0.29, 0.717) is 4.90 Å². The zero-order chi connectivity index (χ0) is 11.4. The van der Waals surface area contributed by atoms with E-state index in [9.17, 15) is 20.0 Å². The minimum absolute atomic E-state index is 0.0135. The lowest BCUT2D eigenvalue weighted by molar-refractivity contribution is -0.384. The first-order valence-corrected chi connectivity index (χ1v) is 5.00. The lowest BCUT2D eigenvalue weighted by Gasteiger charge is -2.11. The molecule has 1 rings (SSSR count). The summed E-state index contributed by atoms with van der Waals surface area (Å²) in [6, 6.07) is 5.71. The molecule has 0 spiro atoms. The van der Waals surface area contributed by atoms with E-state index in [4.69, 9.17) is 0 Å². The number of hydrogen-bond donors (Lipinski definition) is 0. The summed E-state index contributed by atoms with van der Waals surface area (Å²) in [4.78, 5) is 20.9. The number of non-ortho nitro benzene ring substituents is 1. The van der Waals surface area contributed by atoms with Crippen LogP contribution >= 0.6 is 11.8 Å². The Hall–Kier alpha value is -1.56. The summed E-state index contributed by atoms with van der Waals surface area (Å²) >= 11 is 1.09. The van der Waals surface area contributed by atoms with E-state index in [1.807, 2.05) is 0 Å². The lowest BCUT2D eigenvalue weighted by atomic mass is 10.3. The van der Waals surface area contributed by atoms with Gasteiger partial charge >= 0.3 is 0 Å². The highest BCUT2D eigenvalue weighted by atomic mass is 32.2. The van der Waals surface area contributed by atoms with Crippen LogP contribution in [0.5, 0.6) is 0 Å². The first-order chi connectivity index (χ1) is 7.00. The normalized spacial score (nSPS) is 12.1. The van der Waals surface area contributed by atoms with Crippen molar-refractivity contribution in [3.8, 4) is 0 Å². The van der Waals surface area contributed by atoms with Crippen molar-refractivity contribution in [1.82, 2.24) is 0 Å². The van der Waals surface area contributed by atoms with Gasteiger partial charge in [-0.05, 0) is 19.1 Å². The van der Waals surface area contributed by atoms with Crippen LogP contribution in [-0.4, -0.2) is 16.1 Å². The molecule has 1 aromatic rings. The standard InChI is InChI=1S/C9H9NO4S/c1-6(9(11)12)15-8-4-2-7(3-5-8)10(13)14/h2-6H,1H3,(H,11,12)/p-1/t6-/m1/s1. The molecular weight excluding hydrogens is 218 g/mol. The van der Waals surface area contributed by atoms with Crippen LogP contribution in [-0.2, 0) is 4.79 Å². The summed E-state index contributed by atoms with van der Waals surface area (Å²) in [5, 5.41) is 20.1. The van der Waals surface area contributed by atoms with Crippen LogP contribution in [0, 0.1) is 10.1 Å². The van der Waals surface area contributed by atoms with Crippen molar-refractivity contribution in [1.29, 1.82) is 0 Å². The Bertz CT molecular complexity index is 376. The number of carboxylic acid groups (broad SMARTS) is 1. The molecule has 0 radical (unpaired) electrons. The molecule has 0 amide bonds. The van der Waals surface area contributed by atoms with Gasteiger partial charge in [-0.25, -0.2) is 0 Å². The van der Waals surface area contributed by atoms with E-state index in [1.165, 1.54) is 31.2 Å². The average molecular weight is 226 g/mol. The fourth-order valence-corrected chi connectivity index (χ4v) is 1.70. The number of carboxylic acids is 1. The number of nitro benzene ring substituents is 1. The Morgan fingerprint density at radius 3 is 2.33 bits per heavy atom. The molecule has 5 nitrogen and oxygen atoms in total. The van der Waals surface area contributed by atoms with Gasteiger partial charge in [0.05, 0.1) is 10.9 Å². The third-order valence-corrected chi connectivity index (χ3v) is 2.78. The van der Waals surface area contributed by atoms with E-state index >= 15 is 0 Å². The number of carbonyl (C=O) groups excluding carboxylic acids is 1. The van der Waals surface area contributed by atoms with Crippen molar-refractivity contribution >= 4 is 23.4 Å². The first kappa shape index (κ1) is 11.5. The van der Waals surface area contributed by atoms with Gasteiger partial charge in [0, 0.05) is 22.3 Å². The van der Waals surface area contributed by atoms with Gasteiger partial charge in [0.15, 0.2) is 0 Å². The van der Waals surface area contributed by atoms with Gasteiger partial charge in [0.2, 0.25) is 0 Å². The zero-order valence-electron chi connectivity index (χ0n) is 7.88. The second-order valence-corrected chi connectivity index (χ2v) is 4.24. The molecule has 0 saturated heterocycles. The van der Waals surface area contributed by atoms with Crippen molar-refractivity contribution in [3.05, 3.63) is 34.4 Å². The molecule has 15 heavy (non-hydrogen) atoms. The quantitative estimate of drug-likeness (QED) is 0.431. The Balaban J connectivity index is 2.72. The number of nitro groups is 1. The fourth-order valence-electron chi connectivity index (χ4n) is 0.899. The van der Waals surface area contributed by atoms with Crippen LogP contribution in [0.3, 0.4) is 0 Å². The van der Waals surface area contributed by atoms with Crippen LogP contribution in [0.25, 0.3) is 0 Å². The van der Waals surface area contributed by atoms with Crippen molar-refractivity contribution in [2.24, 2.45) is 0 Å². The largest absolute Gasteiger partial charge is 0.549 e. The van der Waals surface area contributed by atoms with Crippen molar-refractivity contribution in [3.63, 3.8) is 0 Å². The van der Waals surface area contributed by atoms with Gasteiger partial charge in [0.25, 0.3) is 5.69 Å². The Morgan fingerprint density at radius 2 is 1.93 bits per heavy atom. The van der Waals surface area contributed by atoms with Crippen molar-refractivity contribution in [2.75, 3.05) is 0 Å². The van der Waals surface area contributed by atoms with Gasteiger partial charge in [0.1, 0.15) is 0 Å². The van der Waals surface area contributed by atoms with E-state index < -0.39 is 16.1 Å². The summed E-state index contributed by atoms with van der Waals surface area (Å²) < 4.78 is 0. The third-order valence-electron chi connectivity index (χ3n) is 1.69. The molecule has 0 heterocycles. The van der Waals surface area contributed by atoms with Crippen LogP contribution in [0.2, 0.25) is 0 Å². The summed E-state index contributed by atoms with van der Waals surface area (Å²) in [5.74, 6) is -1.15. The predicted molar refractivity (Wildman–Crippen MR) is 53.4 cm³/mol. The average Bonchev–Trinajstić information content (AvgIpc) is 2.18. The molecule has 0 unspecified atom stereocenters. The van der Waals surface area contributed by atoms with Gasteiger partial charge in [-0.2, -0.15) is 0 Å². The lowest BCUT2D eigenvalue weighted by Crippen LogP contribution is -2.31. The minimum Gasteiger partial charge on any atom is -0.549 e. The highest BCUT2D eigenvalue weighted by molar-refractivity contribution is 8.00. The van der Waals surface area contributed by atoms with Crippen LogP contribution in [0.15, 0.2) is 29.2 Å². The van der Waals surface area contributed by atoms with Gasteiger partial charge in [-0.1, -0.05) is 0 Å². The number of thioether (sulfide) groups is 1. The highest BCUT2D eigenvalue weighted by Gasteiger charge is 2.07. The van der Waals surface area contributed by atoms with E-state index in [1.54, 1.807) is 0 Å². The van der Waals surface area contributed by atoms with Gasteiger partial charge in [-0.3, -0.25) is 10.1 Å². The molecule has 0 aliphatic heterocycles. The van der Waals surface area contributed by atoms with Crippen LogP contribution in [0.1, 0.15) is 6.92 Å². The van der Waals surface area contributed by atoms with E-state index in [0.717, 1.165) is 11.8 Å². The third kappa shape index (κ3) is 3.25. The number of aliphatic carboxylic acids is 1. The Labute approximate surface area is 90.3 Å². The molecule has 80 valence electrons. The number of carbonyl (C=O) groups is 1. The maximum absolute atomic E-state index is 10.4. The Kier molecular flexibility index (Phi) is 3.68. The molecule has 0 aliphatic rings. The SMILES string of the molecule is C[C@@H](Sc1ccc([N+](=O)[O-])cc1)C(=O)[O-]. The van der Waals surface area contributed by atoms with E-state index in [2.05, 4.69) is 0 Å². The van der Waals surface area contributed by atoms with Gasteiger partial charge in [-0.15, -0.1) is 11.8 Å². The molecule has 0 saturated carbocycles. The molecule has 0 bridgehead atoms. The van der Waals surface area contributed by atoms with E-state index in [-0.39, 0.29) is 5.69 Å². The summed E-state index contributed by atoms with van der Waals surface area (Å²) in [6.07, 6.45) is 0. The zero-order valence-corrected chi connectivity index (χ0v) is 8.69. The number of rotatable bonds is 4. The molecule has 0 fully saturated rings. The monoisotopic (exact) mass is 226 g/mol. The molecule has 1 atom stereocenters. The van der Waals surface area contributed by atoms with Crippen LogP contribution < -0.4 is 5.11 Å². The second-order valence-electron chi connectivity index (χ2n) is 2.83. The second kappa shape index (κ2) is 4.79. The Morgan fingerprint density at radius 1 is 1.40 bits per heavy atom. The maximum atomic E-state index is 10.4. The molecule has 6 heteroatoms. The summed E-state index contributed by atoms with van der Waals surface area (Å²) in [7, 11) is 0. The van der Waals surface area contributed by atoms with Crippen molar-refractivity contribution in [2.45, 2.75) is 17.1 Å².